The zero-order chi connectivity index (χ0) is 18.3. The fraction of sp³-hybridized carbons (Fsp3) is 0.0952. The number of fused-ring (bicyclic) bond motifs is 1. The smallest absolute Gasteiger partial charge is 0.138 e. The third-order valence-electron chi connectivity index (χ3n) is 4.31. The van der Waals surface area contributed by atoms with Crippen LogP contribution in [0.1, 0.15) is 0 Å². The Morgan fingerprint density at radius 2 is 1.58 bits per heavy atom. The minimum Gasteiger partial charge on any atom is -0.507 e. The van der Waals surface area contributed by atoms with Crippen LogP contribution < -0.4 is 4.90 Å². The van der Waals surface area contributed by atoms with Gasteiger partial charge in [0.15, 0.2) is 0 Å². The number of thiazole rings is 1. The molecule has 4 nitrogen and oxygen atoms in total. The molecule has 0 radical (unpaired) electrons. The van der Waals surface area contributed by atoms with Crippen molar-refractivity contribution in [1.29, 1.82) is 0 Å². The first-order chi connectivity index (χ1) is 12.5. The molecule has 0 aliphatic heterocycles. The lowest BCUT2D eigenvalue weighted by atomic mass is 10.0. The van der Waals surface area contributed by atoms with Gasteiger partial charge < -0.3 is 15.1 Å². The third-order valence-corrected chi connectivity index (χ3v) is 5.38. The van der Waals surface area contributed by atoms with E-state index in [1.54, 1.807) is 23.5 Å². The van der Waals surface area contributed by atoms with Gasteiger partial charge in [0.1, 0.15) is 16.5 Å². The molecule has 0 spiro atoms. The van der Waals surface area contributed by atoms with E-state index in [1.165, 1.54) is 0 Å². The molecule has 2 N–H and O–H groups in total. The summed E-state index contributed by atoms with van der Waals surface area (Å²) < 4.78 is 1.10. The summed E-state index contributed by atoms with van der Waals surface area (Å²) in [6, 6.07) is 19.0. The first-order valence-corrected chi connectivity index (χ1v) is 9.04. The quantitative estimate of drug-likeness (QED) is 0.532. The number of benzene rings is 3. The van der Waals surface area contributed by atoms with Crippen LogP contribution in [0.25, 0.3) is 31.9 Å². The van der Waals surface area contributed by atoms with Gasteiger partial charge in [0.05, 0.1) is 21.5 Å². The predicted octanol–water partition coefficient (Wildman–Crippen LogP) is 5.11. The van der Waals surface area contributed by atoms with Crippen LogP contribution in [0.2, 0.25) is 0 Å². The second-order valence-corrected chi connectivity index (χ2v) is 7.35. The molecule has 1 heterocycles. The summed E-state index contributed by atoms with van der Waals surface area (Å²) in [6.45, 7) is 0. The van der Waals surface area contributed by atoms with E-state index in [9.17, 15) is 10.2 Å². The Morgan fingerprint density at radius 1 is 0.846 bits per heavy atom. The van der Waals surface area contributed by atoms with Gasteiger partial charge in [-0.15, -0.1) is 11.3 Å². The highest BCUT2D eigenvalue weighted by atomic mass is 32.1. The maximum absolute atomic E-state index is 10.6. The normalized spacial score (nSPS) is 11.0. The van der Waals surface area contributed by atoms with Crippen molar-refractivity contribution in [1.82, 2.24) is 4.98 Å². The van der Waals surface area contributed by atoms with E-state index in [4.69, 9.17) is 0 Å². The van der Waals surface area contributed by atoms with Crippen molar-refractivity contribution in [2.75, 3.05) is 19.0 Å². The van der Waals surface area contributed by atoms with Gasteiger partial charge in [0.2, 0.25) is 0 Å². The van der Waals surface area contributed by atoms with E-state index in [2.05, 4.69) is 4.98 Å². The van der Waals surface area contributed by atoms with Crippen molar-refractivity contribution in [2.45, 2.75) is 0 Å². The summed E-state index contributed by atoms with van der Waals surface area (Å²) in [4.78, 5) is 6.47. The number of nitrogens with zero attached hydrogens (tertiary/aromatic N) is 2. The van der Waals surface area contributed by atoms with Crippen LogP contribution >= 0.6 is 11.3 Å². The fourth-order valence-electron chi connectivity index (χ4n) is 2.94. The maximum Gasteiger partial charge on any atom is 0.138 e. The Morgan fingerprint density at radius 3 is 2.31 bits per heavy atom. The Bertz CT molecular complexity index is 1070. The molecule has 0 saturated carbocycles. The van der Waals surface area contributed by atoms with E-state index in [0.717, 1.165) is 37.6 Å². The van der Waals surface area contributed by atoms with Crippen LogP contribution in [-0.2, 0) is 0 Å². The molecule has 0 saturated heterocycles. The van der Waals surface area contributed by atoms with Gasteiger partial charge in [0.25, 0.3) is 0 Å². The summed E-state index contributed by atoms with van der Waals surface area (Å²) in [5.74, 6) is 0.426. The van der Waals surface area contributed by atoms with Crippen molar-refractivity contribution < 1.29 is 10.2 Å². The minimum atomic E-state index is 0.195. The summed E-state index contributed by atoms with van der Waals surface area (Å²) in [5, 5.41) is 21.3. The summed E-state index contributed by atoms with van der Waals surface area (Å²) >= 11 is 1.56. The molecular weight excluding hydrogens is 344 g/mol. The second kappa shape index (κ2) is 6.35. The Hall–Kier alpha value is -3.05. The number of rotatable bonds is 3. The van der Waals surface area contributed by atoms with Gasteiger partial charge in [-0.2, -0.15) is 0 Å². The maximum atomic E-state index is 10.6. The van der Waals surface area contributed by atoms with Crippen LogP contribution in [-0.4, -0.2) is 29.3 Å². The van der Waals surface area contributed by atoms with Crippen molar-refractivity contribution in [3.63, 3.8) is 0 Å². The zero-order valence-corrected chi connectivity index (χ0v) is 15.3. The van der Waals surface area contributed by atoms with Crippen LogP contribution in [0.15, 0.2) is 60.7 Å². The van der Waals surface area contributed by atoms with Crippen LogP contribution in [0, 0.1) is 0 Å². The SMILES string of the molecule is CN(C)c1cc(-c2ccc(-c3nc4ccccc4s3)c(O)c2)ccc1O. The molecule has 0 atom stereocenters. The summed E-state index contributed by atoms with van der Waals surface area (Å²) in [6.07, 6.45) is 0. The molecule has 0 bridgehead atoms. The number of aromatic nitrogens is 1. The Labute approximate surface area is 155 Å². The average molecular weight is 362 g/mol. The molecule has 4 rings (SSSR count). The standard InChI is InChI=1S/C21H18N2O2S/c1-23(2)17-11-13(8-10-18(17)24)14-7-9-15(19(25)12-14)21-22-16-5-3-4-6-20(16)26-21/h3-12,24-25H,1-2H3. The lowest BCUT2D eigenvalue weighted by Gasteiger charge is -2.16. The molecule has 5 heteroatoms. The van der Waals surface area contributed by atoms with Crippen molar-refractivity contribution >= 4 is 27.2 Å². The molecular formula is C21H18N2O2S. The van der Waals surface area contributed by atoms with E-state index in [0.29, 0.717) is 0 Å². The molecule has 0 aliphatic rings. The zero-order valence-electron chi connectivity index (χ0n) is 14.5. The topological polar surface area (TPSA) is 56.6 Å². The average Bonchev–Trinajstić information content (AvgIpc) is 3.05. The highest BCUT2D eigenvalue weighted by Crippen LogP contribution is 2.38. The van der Waals surface area contributed by atoms with Crippen molar-refractivity contribution in [3.8, 4) is 33.2 Å². The van der Waals surface area contributed by atoms with E-state index in [-0.39, 0.29) is 11.5 Å². The van der Waals surface area contributed by atoms with Gasteiger partial charge >= 0.3 is 0 Å². The largest absolute Gasteiger partial charge is 0.507 e. The third kappa shape index (κ3) is 2.86. The van der Waals surface area contributed by atoms with Gasteiger partial charge in [0, 0.05) is 14.1 Å². The first-order valence-electron chi connectivity index (χ1n) is 8.22. The van der Waals surface area contributed by atoms with Crippen LogP contribution in [0.5, 0.6) is 11.5 Å². The molecule has 4 aromatic rings. The van der Waals surface area contributed by atoms with Gasteiger partial charge in [-0.3, -0.25) is 0 Å². The van der Waals surface area contributed by atoms with E-state index < -0.39 is 0 Å². The fourth-order valence-corrected chi connectivity index (χ4v) is 3.94. The monoisotopic (exact) mass is 362 g/mol. The number of hydrogen-bond acceptors (Lipinski definition) is 5. The van der Waals surface area contributed by atoms with Gasteiger partial charge in [-0.05, 0) is 47.5 Å². The molecule has 0 amide bonds. The summed E-state index contributed by atoms with van der Waals surface area (Å²) in [7, 11) is 3.76. The molecule has 0 fully saturated rings. The number of para-hydroxylation sites is 1. The molecule has 130 valence electrons. The van der Waals surface area contributed by atoms with E-state index >= 15 is 0 Å². The second-order valence-electron chi connectivity index (χ2n) is 6.32. The number of anilines is 1. The van der Waals surface area contributed by atoms with Crippen molar-refractivity contribution in [3.05, 3.63) is 60.7 Å². The predicted molar refractivity (Wildman–Crippen MR) is 108 cm³/mol. The minimum absolute atomic E-state index is 0.195. The lowest BCUT2D eigenvalue weighted by Crippen LogP contribution is -2.08. The summed E-state index contributed by atoms with van der Waals surface area (Å²) in [5.41, 5.74) is 4.21. The molecule has 3 aromatic carbocycles. The Kier molecular flexibility index (Phi) is 4.01. The highest BCUT2D eigenvalue weighted by Gasteiger charge is 2.12. The first kappa shape index (κ1) is 16.4. The number of aromatic hydroxyl groups is 2. The van der Waals surface area contributed by atoms with Crippen molar-refractivity contribution in [2.24, 2.45) is 0 Å². The highest BCUT2D eigenvalue weighted by molar-refractivity contribution is 7.21. The number of hydrogen-bond donors (Lipinski definition) is 2. The lowest BCUT2D eigenvalue weighted by molar-refractivity contribution is 0.476. The Balaban J connectivity index is 1.75. The van der Waals surface area contributed by atoms with E-state index in [1.807, 2.05) is 67.5 Å². The van der Waals surface area contributed by atoms with Gasteiger partial charge in [-0.25, -0.2) is 4.98 Å². The number of phenols is 2. The number of phenolic OH excluding ortho intramolecular Hbond substituents is 2. The molecule has 0 unspecified atom stereocenters. The molecule has 0 aliphatic carbocycles. The molecule has 1 aromatic heterocycles. The van der Waals surface area contributed by atoms with Crippen LogP contribution in [0.4, 0.5) is 5.69 Å². The molecule has 26 heavy (non-hydrogen) atoms. The van der Waals surface area contributed by atoms with Gasteiger partial charge in [-0.1, -0.05) is 24.3 Å². The van der Waals surface area contributed by atoms with Crippen LogP contribution in [0.3, 0.4) is 0 Å².